The lowest BCUT2D eigenvalue weighted by molar-refractivity contribution is 0.0950. The van der Waals surface area contributed by atoms with Gasteiger partial charge in [0.05, 0.1) is 0 Å². The Hall–Kier alpha value is -3.78. The molecule has 0 atom stereocenters. The van der Waals surface area contributed by atoms with Gasteiger partial charge in [-0.1, -0.05) is 48.2 Å². The van der Waals surface area contributed by atoms with E-state index in [1.807, 2.05) is 66.1 Å². The van der Waals surface area contributed by atoms with Crippen molar-refractivity contribution in [3.05, 3.63) is 94.8 Å². The fraction of sp³-hybridized carbons (Fsp3) is 0.192. The van der Waals surface area contributed by atoms with Gasteiger partial charge in [-0.05, 0) is 60.9 Å². The number of hydrogen-bond acceptors (Lipinski definition) is 6. The topological polar surface area (TPSA) is 78.3 Å². The molecular weight excluding hydrogens is 448 g/mol. The van der Waals surface area contributed by atoms with E-state index >= 15 is 0 Å². The summed E-state index contributed by atoms with van der Waals surface area (Å²) in [5, 5.41) is 12.4. The van der Waals surface area contributed by atoms with Crippen molar-refractivity contribution in [3.8, 4) is 17.2 Å². The fourth-order valence-corrected chi connectivity index (χ4v) is 4.84. The molecular formula is C26H24N4O3S. The van der Waals surface area contributed by atoms with Crippen LogP contribution in [-0.2, 0) is 12.3 Å². The lowest BCUT2D eigenvalue weighted by Gasteiger charge is -2.12. The molecule has 1 aliphatic heterocycles. The first-order chi connectivity index (χ1) is 16.6. The number of benzene rings is 3. The number of thioether (sulfide) groups is 1. The van der Waals surface area contributed by atoms with Crippen LogP contribution in [0.2, 0.25) is 0 Å². The Morgan fingerprint density at radius 1 is 1.00 bits per heavy atom. The van der Waals surface area contributed by atoms with Gasteiger partial charge >= 0.3 is 0 Å². The fourth-order valence-electron chi connectivity index (χ4n) is 3.84. The van der Waals surface area contributed by atoms with Gasteiger partial charge in [-0.15, -0.1) is 10.2 Å². The summed E-state index contributed by atoms with van der Waals surface area (Å²) in [4.78, 5) is 13.0. The van der Waals surface area contributed by atoms with Crippen LogP contribution in [-0.4, -0.2) is 27.5 Å². The first-order valence-corrected chi connectivity index (χ1v) is 11.9. The second-order valence-electron chi connectivity index (χ2n) is 8.02. The minimum absolute atomic E-state index is 0.120. The van der Waals surface area contributed by atoms with E-state index in [4.69, 9.17) is 9.47 Å². The molecule has 0 bridgehead atoms. The van der Waals surface area contributed by atoms with Crippen LogP contribution < -0.4 is 14.8 Å². The molecule has 3 aromatic carbocycles. The summed E-state index contributed by atoms with van der Waals surface area (Å²) in [5.74, 6) is 2.73. The molecule has 7 nitrogen and oxygen atoms in total. The highest BCUT2D eigenvalue weighted by molar-refractivity contribution is 7.98. The predicted molar refractivity (Wildman–Crippen MR) is 131 cm³/mol. The molecule has 0 unspecified atom stereocenters. The van der Waals surface area contributed by atoms with Crippen molar-refractivity contribution in [1.29, 1.82) is 0 Å². The molecule has 5 rings (SSSR count). The Kier molecular flexibility index (Phi) is 6.22. The van der Waals surface area contributed by atoms with Crippen LogP contribution in [0.1, 0.15) is 32.9 Å². The molecule has 1 N–H and O–H groups in total. The van der Waals surface area contributed by atoms with Gasteiger partial charge in [0.1, 0.15) is 5.82 Å². The molecule has 0 saturated heterocycles. The third-order valence-corrected chi connectivity index (χ3v) is 6.54. The lowest BCUT2D eigenvalue weighted by Crippen LogP contribution is -2.23. The van der Waals surface area contributed by atoms with Gasteiger partial charge in [0.2, 0.25) is 6.79 Å². The van der Waals surface area contributed by atoms with E-state index < -0.39 is 0 Å². The van der Waals surface area contributed by atoms with E-state index in [0.717, 1.165) is 33.5 Å². The van der Waals surface area contributed by atoms with Gasteiger partial charge in [0, 0.05) is 23.5 Å². The standard InChI is InChI=1S/C26H24N4O3S/c1-17-6-5-8-21(12-17)30-18(2)28-29-26(30)34-15-20-7-3-4-9-22(20)25(31)27-14-19-10-11-23-24(13-19)33-16-32-23/h3-13H,14-16H2,1-2H3,(H,27,31). The Bertz CT molecular complexity index is 1350. The number of ether oxygens (including phenoxy) is 2. The largest absolute Gasteiger partial charge is 0.454 e. The van der Waals surface area contributed by atoms with Crippen molar-refractivity contribution in [3.63, 3.8) is 0 Å². The van der Waals surface area contributed by atoms with Gasteiger partial charge < -0.3 is 14.8 Å². The van der Waals surface area contributed by atoms with Gasteiger partial charge in [-0.3, -0.25) is 9.36 Å². The van der Waals surface area contributed by atoms with Crippen LogP contribution in [0.5, 0.6) is 11.5 Å². The number of amides is 1. The lowest BCUT2D eigenvalue weighted by atomic mass is 10.1. The van der Waals surface area contributed by atoms with E-state index in [0.29, 0.717) is 23.6 Å². The second kappa shape index (κ2) is 9.61. The number of nitrogens with one attached hydrogen (secondary N) is 1. The molecule has 1 aromatic heterocycles. The average Bonchev–Trinajstić information content (AvgIpc) is 3.47. The van der Waals surface area contributed by atoms with Crippen LogP contribution in [0.25, 0.3) is 5.69 Å². The molecule has 34 heavy (non-hydrogen) atoms. The molecule has 172 valence electrons. The monoisotopic (exact) mass is 472 g/mol. The Morgan fingerprint density at radius 2 is 1.85 bits per heavy atom. The van der Waals surface area contributed by atoms with Crippen LogP contribution in [0, 0.1) is 13.8 Å². The molecule has 0 spiro atoms. The van der Waals surface area contributed by atoms with Crippen LogP contribution in [0.15, 0.2) is 71.9 Å². The Balaban J connectivity index is 1.29. The third kappa shape index (κ3) is 4.63. The summed E-state index contributed by atoms with van der Waals surface area (Å²) in [6.07, 6.45) is 0. The first kappa shape index (κ1) is 22.0. The summed E-state index contributed by atoms with van der Waals surface area (Å²) < 4.78 is 12.8. The van der Waals surface area contributed by atoms with Gasteiger partial charge in [0.15, 0.2) is 16.7 Å². The number of aromatic nitrogens is 3. The molecule has 0 saturated carbocycles. The predicted octanol–water partition coefficient (Wildman–Crippen LogP) is 4.84. The SMILES string of the molecule is Cc1cccc(-n2c(C)nnc2SCc2ccccc2C(=O)NCc2ccc3c(c2)OCO3)c1. The van der Waals surface area contributed by atoms with Crippen molar-refractivity contribution in [2.75, 3.05) is 6.79 Å². The number of aryl methyl sites for hydroxylation is 2. The number of fused-ring (bicyclic) bond motifs is 1. The third-order valence-electron chi connectivity index (χ3n) is 5.56. The smallest absolute Gasteiger partial charge is 0.251 e. The van der Waals surface area contributed by atoms with Crippen molar-refractivity contribution >= 4 is 17.7 Å². The minimum Gasteiger partial charge on any atom is -0.454 e. The van der Waals surface area contributed by atoms with Crippen molar-refractivity contribution in [2.24, 2.45) is 0 Å². The molecule has 0 aliphatic carbocycles. The van der Waals surface area contributed by atoms with Crippen LogP contribution in [0.4, 0.5) is 0 Å². The maximum Gasteiger partial charge on any atom is 0.251 e. The van der Waals surface area contributed by atoms with E-state index in [1.54, 1.807) is 11.8 Å². The van der Waals surface area contributed by atoms with E-state index in [9.17, 15) is 4.79 Å². The zero-order chi connectivity index (χ0) is 23.5. The molecule has 0 fully saturated rings. The Morgan fingerprint density at radius 3 is 2.74 bits per heavy atom. The first-order valence-electron chi connectivity index (χ1n) is 10.9. The average molecular weight is 473 g/mol. The summed E-state index contributed by atoms with van der Waals surface area (Å²) >= 11 is 1.56. The zero-order valence-corrected chi connectivity index (χ0v) is 19.8. The van der Waals surface area contributed by atoms with Gasteiger partial charge in [-0.2, -0.15) is 0 Å². The Labute approximate surface area is 202 Å². The molecule has 1 aliphatic rings. The normalized spacial score (nSPS) is 12.1. The van der Waals surface area contributed by atoms with Crippen LogP contribution in [0.3, 0.4) is 0 Å². The highest BCUT2D eigenvalue weighted by Crippen LogP contribution is 2.32. The quantitative estimate of drug-likeness (QED) is 0.388. The van der Waals surface area contributed by atoms with E-state index in [1.165, 1.54) is 5.56 Å². The maximum absolute atomic E-state index is 13.0. The van der Waals surface area contributed by atoms with Gasteiger partial charge in [0.25, 0.3) is 5.91 Å². The molecule has 4 aromatic rings. The van der Waals surface area contributed by atoms with Crippen LogP contribution >= 0.6 is 11.8 Å². The summed E-state index contributed by atoms with van der Waals surface area (Å²) in [6, 6.07) is 21.6. The summed E-state index contributed by atoms with van der Waals surface area (Å²) in [5.41, 5.74) is 4.73. The van der Waals surface area contributed by atoms with Crippen molar-refractivity contribution in [1.82, 2.24) is 20.1 Å². The highest BCUT2D eigenvalue weighted by atomic mass is 32.2. The number of carbonyl (C=O) groups excluding carboxylic acids is 1. The molecule has 0 radical (unpaired) electrons. The maximum atomic E-state index is 13.0. The molecule has 2 heterocycles. The van der Waals surface area contributed by atoms with Gasteiger partial charge in [-0.25, -0.2) is 0 Å². The van der Waals surface area contributed by atoms with Crippen molar-refractivity contribution < 1.29 is 14.3 Å². The minimum atomic E-state index is -0.120. The molecule has 8 heteroatoms. The number of hydrogen-bond donors (Lipinski definition) is 1. The van der Waals surface area contributed by atoms with Crippen molar-refractivity contribution in [2.45, 2.75) is 31.3 Å². The van der Waals surface area contributed by atoms with E-state index in [2.05, 4.69) is 34.6 Å². The summed E-state index contributed by atoms with van der Waals surface area (Å²) in [6.45, 7) is 4.64. The highest BCUT2D eigenvalue weighted by Gasteiger charge is 2.16. The number of carbonyl (C=O) groups is 1. The zero-order valence-electron chi connectivity index (χ0n) is 18.9. The molecule has 1 amide bonds. The number of rotatable bonds is 7. The number of nitrogens with zero attached hydrogens (tertiary/aromatic N) is 3. The summed E-state index contributed by atoms with van der Waals surface area (Å²) in [7, 11) is 0. The second-order valence-corrected chi connectivity index (χ2v) is 8.96. The van der Waals surface area contributed by atoms with E-state index in [-0.39, 0.29) is 12.7 Å².